The highest BCUT2D eigenvalue weighted by atomic mass is 32.2. The first kappa shape index (κ1) is 30.8. The Balaban J connectivity index is 1.67. The van der Waals surface area contributed by atoms with Crippen LogP contribution in [0.15, 0.2) is 71.9 Å². The number of pyridine rings is 1. The van der Waals surface area contributed by atoms with E-state index in [2.05, 4.69) is 43.4 Å². The minimum absolute atomic E-state index is 0.134. The second-order valence-electron chi connectivity index (χ2n) is 12.5. The summed E-state index contributed by atoms with van der Waals surface area (Å²) in [6.45, 7) is 14.5. The van der Waals surface area contributed by atoms with E-state index in [-0.39, 0.29) is 9.93 Å². The molecule has 0 aliphatic carbocycles. The predicted octanol–water partition coefficient (Wildman–Crippen LogP) is 7.63. The number of nitrogens with zero attached hydrogens (tertiary/aromatic N) is 3. The van der Waals surface area contributed by atoms with Crippen molar-refractivity contribution in [3.8, 4) is 22.8 Å². The van der Waals surface area contributed by atoms with Crippen LogP contribution in [-0.4, -0.2) is 51.1 Å². The summed E-state index contributed by atoms with van der Waals surface area (Å²) in [6.07, 6.45) is 4.44. The molecule has 5 rings (SSSR count). The van der Waals surface area contributed by atoms with Crippen molar-refractivity contribution < 1.29 is 22.3 Å². The normalized spacial score (nSPS) is 12.7. The van der Waals surface area contributed by atoms with E-state index in [1.165, 1.54) is 3.97 Å². The minimum Gasteiger partial charge on any atom is -0.493 e. The lowest BCUT2D eigenvalue weighted by molar-refractivity contribution is 0.275. The Hall–Kier alpha value is -3.60. The van der Waals surface area contributed by atoms with Gasteiger partial charge in [-0.15, -0.1) is 0 Å². The van der Waals surface area contributed by atoms with Crippen LogP contribution >= 0.6 is 0 Å². The van der Waals surface area contributed by atoms with E-state index in [1.807, 2.05) is 43.5 Å². The van der Waals surface area contributed by atoms with Gasteiger partial charge in [0, 0.05) is 47.9 Å². The molecule has 0 atom stereocenters. The summed E-state index contributed by atoms with van der Waals surface area (Å²) in [5.41, 5.74) is 3.56. The lowest BCUT2D eigenvalue weighted by Gasteiger charge is -2.36. The van der Waals surface area contributed by atoms with Gasteiger partial charge in [0.2, 0.25) is 0 Å². The van der Waals surface area contributed by atoms with Gasteiger partial charge in [-0.1, -0.05) is 38.5 Å². The summed E-state index contributed by atoms with van der Waals surface area (Å²) in [4.78, 5) is 4.71. The Labute approximate surface area is 255 Å². The molecule has 3 aromatic heterocycles. The van der Waals surface area contributed by atoms with Crippen molar-refractivity contribution in [3.05, 3.63) is 72.6 Å². The third-order valence-corrected chi connectivity index (χ3v) is 14.8. The van der Waals surface area contributed by atoms with E-state index in [1.54, 1.807) is 44.7 Å². The monoisotopic (exact) mass is 619 g/mol. The molecule has 0 bridgehead atoms. The van der Waals surface area contributed by atoms with Crippen LogP contribution in [0.4, 0.5) is 0 Å². The molecule has 0 unspecified atom stereocenters. The summed E-state index contributed by atoms with van der Waals surface area (Å²) < 4.78 is 49.7. The maximum atomic E-state index is 14.2. The first-order chi connectivity index (χ1) is 20.3. The molecule has 3 heterocycles. The molecule has 0 fully saturated rings. The molecule has 228 valence electrons. The number of hydrogen-bond acceptors (Lipinski definition) is 6. The quantitative estimate of drug-likeness (QED) is 0.118. The lowest BCUT2D eigenvalue weighted by Crippen LogP contribution is -2.41. The molecule has 0 N–H and O–H groups in total. The van der Waals surface area contributed by atoms with Crippen molar-refractivity contribution in [1.82, 2.24) is 13.5 Å². The Morgan fingerprint density at radius 1 is 0.953 bits per heavy atom. The Morgan fingerprint density at radius 3 is 2.28 bits per heavy atom. The highest BCUT2D eigenvalue weighted by molar-refractivity contribution is 7.90. The number of ether oxygens (including phenoxy) is 2. The first-order valence-electron chi connectivity index (χ1n) is 14.5. The molecule has 0 spiro atoms. The van der Waals surface area contributed by atoms with Gasteiger partial charge in [0.1, 0.15) is 0 Å². The summed E-state index contributed by atoms with van der Waals surface area (Å²) in [7, 11) is -2.65. The minimum atomic E-state index is -3.98. The van der Waals surface area contributed by atoms with Gasteiger partial charge in [0.15, 0.2) is 25.5 Å². The second kappa shape index (κ2) is 11.5. The van der Waals surface area contributed by atoms with Crippen LogP contribution in [-0.2, 0) is 21.0 Å². The van der Waals surface area contributed by atoms with Crippen LogP contribution in [0.1, 0.15) is 32.8 Å². The van der Waals surface area contributed by atoms with Crippen LogP contribution in [0.2, 0.25) is 18.1 Å². The predicted molar refractivity (Wildman–Crippen MR) is 175 cm³/mol. The van der Waals surface area contributed by atoms with Gasteiger partial charge in [-0.05, 0) is 67.9 Å². The Bertz CT molecular complexity index is 1880. The maximum absolute atomic E-state index is 14.2. The third-order valence-electron chi connectivity index (χ3n) is 8.55. The average molecular weight is 620 g/mol. The van der Waals surface area contributed by atoms with Crippen molar-refractivity contribution in [3.63, 3.8) is 0 Å². The van der Waals surface area contributed by atoms with E-state index in [0.29, 0.717) is 36.0 Å². The zero-order valence-electron chi connectivity index (χ0n) is 26.3. The van der Waals surface area contributed by atoms with Gasteiger partial charge in [0.05, 0.1) is 30.3 Å². The van der Waals surface area contributed by atoms with Crippen LogP contribution in [0, 0.1) is 6.92 Å². The van der Waals surface area contributed by atoms with Gasteiger partial charge in [0.25, 0.3) is 10.0 Å². The fourth-order valence-corrected chi connectivity index (χ4v) is 7.61. The number of fused-ring (bicyclic) bond motifs is 2. The van der Waals surface area contributed by atoms with E-state index in [9.17, 15) is 8.42 Å². The zero-order valence-corrected chi connectivity index (χ0v) is 28.1. The lowest BCUT2D eigenvalue weighted by atomic mass is 10.1. The maximum Gasteiger partial charge on any atom is 0.269 e. The molecule has 43 heavy (non-hydrogen) atoms. The molecular weight excluding hydrogens is 579 g/mol. The van der Waals surface area contributed by atoms with Gasteiger partial charge in [-0.2, -0.15) is 0 Å². The largest absolute Gasteiger partial charge is 0.493 e. The van der Waals surface area contributed by atoms with Crippen molar-refractivity contribution in [2.24, 2.45) is 0 Å². The topological polar surface area (TPSA) is 84.6 Å². The van der Waals surface area contributed by atoms with Gasteiger partial charge < -0.3 is 18.5 Å². The number of aromatic nitrogens is 3. The third kappa shape index (κ3) is 5.71. The molecule has 2 aromatic carbocycles. The van der Waals surface area contributed by atoms with Crippen molar-refractivity contribution in [1.29, 1.82) is 0 Å². The van der Waals surface area contributed by atoms with Crippen LogP contribution < -0.4 is 9.47 Å². The molecule has 0 aliphatic heterocycles. The summed E-state index contributed by atoms with van der Waals surface area (Å²) in [5.74, 6) is 1.17. The summed E-state index contributed by atoms with van der Waals surface area (Å²) in [6, 6.07) is 16.4. The zero-order chi connectivity index (χ0) is 31.2. The molecular formula is C33H41N3O5SSi. The molecule has 8 nitrogen and oxygen atoms in total. The molecule has 0 saturated heterocycles. The van der Waals surface area contributed by atoms with Crippen LogP contribution in [0.3, 0.4) is 0 Å². The van der Waals surface area contributed by atoms with Crippen molar-refractivity contribution >= 4 is 40.3 Å². The molecule has 10 heteroatoms. The van der Waals surface area contributed by atoms with Gasteiger partial charge >= 0.3 is 0 Å². The molecule has 5 aromatic rings. The fraction of sp³-hybridized carbons (Fsp3) is 0.364. The van der Waals surface area contributed by atoms with Crippen LogP contribution in [0.25, 0.3) is 33.2 Å². The van der Waals surface area contributed by atoms with E-state index < -0.39 is 18.3 Å². The van der Waals surface area contributed by atoms with Crippen molar-refractivity contribution in [2.75, 3.05) is 20.8 Å². The highest BCUT2D eigenvalue weighted by Gasteiger charge is 2.37. The number of rotatable bonds is 10. The molecule has 0 saturated carbocycles. The number of methoxy groups -OCH3 is 2. The smallest absolute Gasteiger partial charge is 0.269 e. The molecule has 0 aliphatic rings. The number of aryl methyl sites for hydroxylation is 2. The highest BCUT2D eigenvalue weighted by Crippen LogP contribution is 2.41. The van der Waals surface area contributed by atoms with E-state index in [4.69, 9.17) is 13.9 Å². The SMILES string of the molecule is COc1cc2c(-c3cc4cccnc4n3S(=O)(=O)c3ccc(C)cc3)cn(CCCO[Si](C)(C)C(C)(C)C)c2cc1OC. The second-order valence-corrected chi connectivity index (χ2v) is 19.0. The average Bonchev–Trinajstić information content (AvgIpc) is 3.52. The fourth-order valence-electron chi connectivity index (χ4n) is 5.04. The molecule has 0 amide bonds. The van der Waals surface area contributed by atoms with Crippen LogP contribution in [0.5, 0.6) is 11.5 Å². The van der Waals surface area contributed by atoms with E-state index in [0.717, 1.165) is 33.8 Å². The number of benzene rings is 2. The van der Waals surface area contributed by atoms with Crippen molar-refractivity contribution in [2.45, 2.75) is 63.7 Å². The Morgan fingerprint density at radius 2 is 1.63 bits per heavy atom. The number of hydrogen-bond donors (Lipinski definition) is 0. The Kier molecular flexibility index (Phi) is 8.23. The molecule has 0 radical (unpaired) electrons. The van der Waals surface area contributed by atoms with Gasteiger partial charge in [-0.3, -0.25) is 0 Å². The van der Waals surface area contributed by atoms with E-state index >= 15 is 0 Å². The van der Waals surface area contributed by atoms with Gasteiger partial charge in [-0.25, -0.2) is 17.4 Å². The standard InChI is InChI=1S/C33H41N3O5SSi/c1-23-12-14-25(15-13-23)42(37,38)36-29(19-24-11-9-16-34-32(24)36)27-22-35(17-10-18-41-43(7,8)33(2,3)4)28-21-31(40-6)30(39-5)20-26(27)28/h9,11-16,19-22H,10,17-18H2,1-8H3. The summed E-state index contributed by atoms with van der Waals surface area (Å²) in [5, 5.41) is 1.72. The summed E-state index contributed by atoms with van der Waals surface area (Å²) >= 11 is 0. The first-order valence-corrected chi connectivity index (χ1v) is 18.8.